The summed E-state index contributed by atoms with van der Waals surface area (Å²) in [5, 5.41) is 26.7. The molecule has 0 bridgehead atoms. The number of nitrogens with one attached hydrogen (secondary N) is 1. The van der Waals surface area contributed by atoms with E-state index in [1.807, 2.05) is 31.3 Å². The second-order valence-electron chi connectivity index (χ2n) is 7.70. The van der Waals surface area contributed by atoms with Crippen LogP contribution >= 0.6 is 0 Å². The molecule has 0 spiro atoms. The van der Waals surface area contributed by atoms with Gasteiger partial charge in [-0.05, 0) is 49.1 Å². The van der Waals surface area contributed by atoms with Crippen molar-refractivity contribution < 1.29 is 13.9 Å². The van der Waals surface area contributed by atoms with E-state index in [0.29, 0.717) is 25.1 Å². The van der Waals surface area contributed by atoms with Gasteiger partial charge in [0.2, 0.25) is 5.95 Å². The summed E-state index contributed by atoms with van der Waals surface area (Å²) in [6.07, 6.45) is 3.07. The summed E-state index contributed by atoms with van der Waals surface area (Å²) in [5.41, 5.74) is 2.12. The fraction of sp³-hybridized carbons (Fsp3) is 0.333. The van der Waals surface area contributed by atoms with Gasteiger partial charge < -0.3 is 10.4 Å². The van der Waals surface area contributed by atoms with Gasteiger partial charge >= 0.3 is 0 Å². The summed E-state index contributed by atoms with van der Waals surface area (Å²) in [5.74, 6) is 0.000489. The molecule has 30 heavy (non-hydrogen) atoms. The van der Waals surface area contributed by atoms with E-state index in [-0.39, 0.29) is 17.6 Å². The molecule has 2 heterocycles. The van der Waals surface area contributed by atoms with Crippen LogP contribution in [0.2, 0.25) is 0 Å². The number of nitriles is 1. The number of hydrogen-bond donors (Lipinski definition) is 2. The Labute approximate surface area is 172 Å². The van der Waals surface area contributed by atoms with Gasteiger partial charge in [-0.1, -0.05) is 6.07 Å². The van der Waals surface area contributed by atoms with E-state index in [0.717, 1.165) is 16.7 Å². The summed E-state index contributed by atoms with van der Waals surface area (Å²) >= 11 is 0. The summed E-state index contributed by atoms with van der Waals surface area (Å²) in [7, 11) is 0. The summed E-state index contributed by atoms with van der Waals surface area (Å²) in [4.78, 5) is 7.83. The van der Waals surface area contributed by atoms with Crippen LogP contribution in [0.4, 0.5) is 20.4 Å². The van der Waals surface area contributed by atoms with Gasteiger partial charge in [-0.2, -0.15) is 10.4 Å². The van der Waals surface area contributed by atoms with Crippen molar-refractivity contribution in [3.05, 3.63) is 54.1 Å². The monoisotopic (exact) mass is 410 g/mol. The topological polar surface area (TPSA) is 99.7 Å². The summed E-state index contributed by atoms with van der Waals surface area (Å²) in [6.45, 7) is 2.25. The Morgan fingerprint density at radius 3 is 2.87 bits per heavy atom. The first-order valence-corrected chi connectivity index (χ1v) is 9.48. The summed E-state index contributed by atoms with van der Waals surface area (Å²) < 4.78 is 27.4. The molecule has 1 fully saturated rings. The van der Waals surface area contributed by atoms with Crippen LogP contribution in [0.1, 0.15) is 30.5 Å². The minimum Gasteiger partial charge on any atom is -0.388 e. The third-order valence-corrected chi connectivity index (χ3v) is 5.09. The largest absolute Gasteiger partial charge is 0.388 e. The molecule has 0 saturated heterocycles. The van der Waals surface area contributed by atoms with E-state index in [9.17, 15) is 13.9 Å². The molecule has 2 N–H and O–H groups in total. The van der Waals surface area contributed by atoms with Crippen molar-refractivity contribution in [1.29, 1.82) is 5.26 Å². The SMILES string of the molecule is Cc1cc(Nc2nccc(C(F)F)n2)cc(-c2cnn(CC3(O)CC(C#N)C3)c2)c1. The van der Waals surface area contributed by atoms with E-state index >= 15 is 0 Å². The smallest absolute Gasteiger partial charge is 0.280 e. The Kier molecular flexibility index (Phi) is 5.18. The van der Waals surface area contributed by atoms with E-state index in [1.165, 1.54) is 12.3 Å². The molecule has 2 aromatic heterocycles. The maximum atomic E-state index is 12.9. The van der Waals surface area contributed by atoms with Crippen molar-refractivity contribution in [2.45, 2.75) is 38.3 Å². The average Bonchev–Trinajstić information content (AvgIpc) is 3.14. The second kappa shape index (κ2) is 7.80. The normalized spacial score (nSPS) is 20.6. The lowest BCUT2D eigenvalue weighted by atomic mass is 9.71. The Morgan fingerprint density at radius 1 is 1.33 bits per heavy atom. The maximum absolute atomic E-state index is 12.9. The first-order chi connectivity index (χ1) is 14.3. The molecule has 0 amide bonds. The molecule has 4 rings (SSSR count). The van der Waals surface area contributed by atoms with Crippen molar-refractivity contribution in [2.75, 3.05) is 5.32 Å². The minimum atomic E-state index is -2.67. The van der Waals surface area contributed by atoms with E-state index in [1.54, 1.807) is 10.9 Å². The van der Waals surface area contributed by atoms with Crippen LogP contribution in [-0.2, 0) is 6.54 Å². The number of anilines is 2. The second-order valence-corrected chi connectivity index (χ2v) is 7.70. The van der Waals surface area contributed by atoms with Gasteiger partial charge in [0, 0.05) is 23.6 Å². The first kappa shape index (κ1) is 19.9. The number of halogens is 2. The van der Waals surface area contributed by atoms with Gasteiger partial charge in [-0.25, -0.2) is 18.7 Å². The van der Waals surface area contributed by atoms with Gasteiger partial charge in [0.15, 0.2) is 0 Å². The molecule has 1 aromatic carbocycles. The number of aryl methyl sites for hydroxylation is 1. The summed E-state index contributed by atoms with van der Waals surface area (Å²) in [6, 6.07) is 9.05. The fourth-order valence-corrected chi connectivity index (χ4v) is 3.68. The molecule has 7 nitrogen and oxygen atoms in total. The van der Waals surface area contributed by atoms with Crippen molar-refractivity contribution in [3.63, 3.8) is 0 Å². The van der Waals surface area contributed by atoms with Gasteiger partial charge in [-0.15, -0.1) is 0 Å². The molecule has 0 unspecified atom stereocenters. The number of rotatable bonds is 6. The average molecular weight is 410 g/mol. The standard InChI is InChI=1S/C21H20F2N6O/c1-13-4-15(6-17(5-13)27-20-25-3-2-18(28-20)19(22)23)16-10-26-29(11-16)12-21(30)7-14(8-21)9-24/h2-6,10-11,14,19,30H,7-8,12H2,1H3,(H,25,27,28). The van der Waals surface area contributed by atoms with E-state index in [2.05, 4.69) is 26.5 Å². The molecule has 1 aliphatic carbocycles. The number of benzene rings is 1. The molecule has 0 radical (unpaired) electrons. The molecule has 3 aromatic rings. The number of nitrogens with zero attached hydrogens (tertiary/aromatic N) is 5. The zero-order valence-corrected chi connectivity index (χ0v) is 16.3. The Hall–Kier alpha value is -3.38. The van der Waals surface area contributed by atoms with Crippen molar-refractivity contribution in [2.24, 2.45) is 5.92 Å². The van der Waals surface area contributed by atoms with E-state index < -0.39 is 12.0 Å². The van der Waals surface area contributed by atoms with Crippen LogP contribution in [0.15, 0.2) is 42.9 Å². The third-order valence-electron chi connectivity index (χ3n) is 5.09. The lowest BCUT2D eigenvalue weighted by Crippen LogP contribution is -2.46. The fourth-order valence-electron chi connectivity index (χ4n) is 3.68. The highest BCUT2D eigenvalue weighted by Gasteiger charge is 2.43. The van der Waals surface area contributed by atoms with Gasteiger partial charge in [0.25, 0.3) is 6.43 Å². The van der Waals surface area contributed by atoms with Crippen molar-refractivity contribution in [1.82, 2.24) is 19.7 Å². The van der Waals surface area contributed by atoms with Crippen LogP contribution < -0.4 is 5.32 Å². The Morgan fingerprint density at radius 2 is 2.13 bits per heavy atom. The quantitative estimate of drug-likeness (QED) is 0.637. The molecule has 0 atom stereocenters. The van der Waals surface area contributed by atoms with Crippen molar-refractivity contribution in [3.8, 4) is 17.2 Å². The minimum absolute atomic E-state index is 0.0961. The van der Waals surface area contributed by atoms with Gasteiger partial charge in [-0.3, -0.25) is 4.68 Å². The molecule has 9 heteroatoms. The Bertz CT molecular complexity index is 1100. The number of aromatic nitrogens is 4. The maximum Gasteiger partial charge on any atom is 0.280 e. The predicted molar refractivity (Wildman–Crippen MR) is 106 cm³/mol. The van der Waals surface area contributed by atoms with Gasteiger partial charge in [0.05, 0.1) is 30.3 Å². The van der Waals surface area contributed by atoms with Crippen LogP contribution in [0.5, 0.6) is 0 Å². The van der Waals surface area contributed by atoms with Crippen LogP contribution in [0.25, 0.3) is 11.1 Å². The van der Waals surface area contributed by atoms with Crippen molar-refractivity contribution >= 4 is 11.6 Å². The Balaban J connectivity index is 1.52. The molecule has 0 aliphatic heterocycles. The molecular formula is C21H20F2N6O. The third kappa shape index (κ3) is 4.28. The lowest BCUT2D eigenvalue weighted by molar-refractivity contribution is -0.0718. The highest BCUT2D eigenvalue weighted by atomic mass is 19.3. The number of hydrogen-bond acceptors (Lipinski definition) is 6. The zero-order valence-electron chi connectivity index (χ0n) is 16.3. The number of alkyl halides is 2. The molecule has 1 aliphatic rings. The van der Waals surface area contributed by atoms with Gasteiger partial charge in [0.1, 0.15) is 5.69 Å². The molecule has 154 valence electrons. The number of aliphatic hydroxyl groups is 1. The zero-order chi connectivity index (χ0) is 21.3. The highest BCUT2D eigenvalue weighted by Crippen LogP contribution is 2.38. The lowest BCUT2D eigenvalue weighted by Gasteiger charge is -2.40. The van der Waals surface area contributed by atoms with Crippen LogP contribution in [0, 0.1) is 24.2 Å². The predicted octanol–water partition coefficient (Wildman–Crippen LogP) is 3.99. The van der Waals surface area contributed by atoms with E-state index in [4.69, 9.17) is 5.26 Å². The first-order valence-electron chi connectivity index (χ1n) is 9.48. The molecule has 1 saturated carbocycles. The van der Waals surface area contributed by atoms with Crippen LogP contribution in [0.3, 0.4) is 0 Å². The highest BCUT2D eigenvalue weighted by molar-refractivity contribution is 5.70. The van der Waals surface area contributed by atoms with Crippen LogP contribution in [-0.4, -0.2) is 30.5 Å². The molecular weight excluding hydrogens is 390 g/mol.